The Kier molecular flexibility index (Phi) is 9.42. The summed E-state index contributed by atoms with van der Waals surface area (Å²) in [5.41, 5.74) is 3.33. The van der Waals surface area contributed by atoms with Crippen molar-refractivity contribution in [2.75, 3.05) is 13.6 Å². The average molecular weight is 324 g/mol. The fourth-order valence-electron chi connectivity index (χ4n) is 1.97. The second-order valence-corrected chi connectivity index (χ2v) is 4.99. The zero-order chi connectivity index (χ0) is 16.9. The molecule has 23 heavy (non-hydrogen) atoms. The highest BCUT2D eigenvalue weighted by Crippen LogP contribution is 2.06. The molecule has 1 amide bonds. The number of rotatable bonds is 11. The van der Waals surface area contributed by atoms with Gasteiger partial charge in [-0.3, -0.25) is 4.84 Å². The lowest BCUT2D eigenvalue weighted by atomic mass is 10.1. The van der Waals surface area contributed by atoms with Crippen LogP contribution in [0.1, 0.15) is 31.2 Å². The maximum absolute atomic E-state index is 11.5. The van der Waals surface area contributed by atoms with Crippen molar-refractivity contribution in [2.24, 2.45) is 0 Å². The molecule has 1 aromatic carbocycles. The third-order valence-corrected chi connectivity index (χ3v) is 3.16. The quantitative estimate of drug-likeness (QED) is 0.426. The summed E-state index contributed by atoms with van der Waals surface area (Å²) in [6, 6.07) is 9.45. The molecule has 0 saturated heterocycles. The highest BCUT2D eigenvalue weighted by atomic mass is 16.7. The number of nitrogens with one attached hydrogen (secondary N) is 2. The van der Waals surface area contributed by atoms with E-state index in [1.54, 1.807) is 0 Å². The number of unbranched alkanes of at least 4 members (excludes halogenated alkanes) is 2. The summed E-state index contributed by atoms with van der Waals surface area (Å²) < 4.78 is 5.08. The van der Waals surface area contributed by atoms with Crippen molar-refractivity contribution in [1.29, 1.82) is 0 Å². The number of hydroxylamine groups is 1. The molecule has 0 spiro atoms. The maximum Gasteiger partial charge on any atom is 0.407 e. The zero-order valence-corrected chi connectivity index (χ0v) is 13.3. The number of alkyl carbamates (subject to hydrolysis) is 1. The lowest BCUT2D eigenvalue weighted by Gasteiger charge is -2.11. The smallest absolute Gasteiger partial charge is 0.407 e. The molecular weight excluding hydrogens is 300 g/mol. The van der Waals surface area contributed by atoms with Crippen LogP contribution in [0, 0.1) is 0 Å². The zero-order valence-electron chi connectivity index (χ0n) is 13.3. The first-order valence-corrected chi connectivity index (χ1v) is 7.63. The van der Waals surface area contributed by atoms with Crippen LogP contribution in [0.25, 0.3) is 0 Å². The molecule has 0 aliphatic carbocycles. The SMILES string of the molecule is CNO[C@H](CCCCCNC(=O)OCc1ccccc1)C(=O)O. The summed E-state index contributed by atoms with van der Waals surface area (Å²) in [6.45, 7) is 0.743. The topological polar surface area (TPSA) is 96.9 Å². The third kappa shape index (κ3) is 8.80. The van der Waals surface area contributed by atoms with E-state index in [-0.39, 0.29) is 6.61 Å². The van der Waals surface area contributed by atoms with Crippen LogP contribution in [0.15, 0.2) is 30.3 Å². The lowest BCUT2D eigenvalue weighted by Crippen LogP contribution is -2.29. The molecule has 0 aliphatic heterocycles. The Morgan fingerprint density at radius 3 is 2.57 bits per heavy atom. The molecule has 0 saturated carbocycles. The predicted octanol–water partition coefficient (Wildman–Crippen LogP) is 2.08. The molecule has 0 aliphatic rings. The molecule has 0 bridgehead atoms. The monoisotopic (exact) mass is 324 g/mol. The fraction of sp³-hybridized carbons (Fsp3) is 0.500. The number of hydrogen-bond acceptors (Lipinski definition) is 5. The second kappa shape index (κ2) is 11.4. The Bertz CT molecular complexity index is 467. The van der Waals surface area contributed by atoms with Gasteiger partial charge in [-0.1, -0.05) is 43.2 Å². The van der Waals surface area contributed by atoms with E-state index in [0.29, 0.717) is 19.4 Å². The van der Waals surface area contributed by atoms with Crippen LogP contribution in [-0.2, 0) is 21.0 Å². The van der Waals surface area contributed by atoms with Crippen molar-refractivity contribution >= 4 is 12.1 Å². The summed E-state index contributed by atoms with van der Waals surface area (Å²) in [7, 11) is 1.53. The number of hydrogen-bond donors (Lipinski definition) is 3. The van der Waals surface area contributed by atoms with Crippen molar-refractivity contribution in [1.82, 2.24) is 10.8 Å². The fourth-order valence-corrected chi connectivity index (χ4v) is 1.97. The van der Waals surface area contributed by atoms with Gasteiger partial charge >= 0.3 is 12.1 Å². The van der Waals surface area contributed by atoms with Crippen LogP contribution >= 0.6 is 0 Å². The molecule has 0 aromatic heterocycles. The van der Waals surface area contributed by atoms with Gasteiger partial charge < -0.3 is 15.2 Å². The van der Waals surface area contributed by atoms with Gasteiger partial charge in [0.25, 0.3) is 0 Å². The van der Waals surface area contributed by atoms with Gasteiger partial charge in [0.2, 0.25) is 0 Å². The molecule has 1 atom stereocenters. The minimum atomic E-state index is -0.984. The second-order valence-electron chi connectivity index (χ2n) is 4.99. The van der Waals surface area contributed by atoms with E-state index < -0.39 is 18.2 Å². The van der Waals surface area contributed by atoms with Gasteiger partial charge in [-0.2, -0.15) is 0 Å². The largest absolute Gasteiger partial charge is 0.479 e. The highest BCUT2D eigenvalue weighted by molar-refractivity contribution is 5.72. The minimum absolute atomic E-state index is 0.244. The number of carboxylic acids is 1. The van der Waals surface area contributed by atoms with Crippen LogP contribution < -0.4 is 10.8 Å². The Balaban J connectivity index is 2.03. The highest BCUT2D eigenvalue weighted by Gasteiger charge is 2.17. The number of amides is 1. The van der Waals surface area contributed by atoms with Crippen molar-refractivity contribution in [3.8, 4) is 0 Å². The molecular formula is C16H24N2O5. The molecule has 0 radical (unpaired) electrons. The van der Waals surface area contributed by atoms with Crippen LogP contribution in [0.5, 0.6) is 0 Å². The summed E-state index contributed by atoms with van der Waals surface area (Å²) in [5, 5.41) is 11.6. The maximum atomic E-state index is 11.5. The van der Waals surface area contributed by atoms with E-state index in [2.05, 4.69) is 10.8 Å². The Hall–Kier alpha value is -2.12. The van der Waals surface area contributed by atoms with Crippen LogP contribution in [0.2, 0.25) is 0 Å². The Morgan fingerprint density at radius 1 is 1.17 bits per heavy atom. The first kappa shape index (κ1) is 18.9. The number of carboxylic acid groups (broad SMARTS) is 1. The van der Waals surface area contributed by atoms with Gasteiger partial charge in [0.15, 0.2) is 6.10 Å². The van der Waals surface area contributed by atoms with E-state index in [0.717, 1.165) is 18.4 Å². The third-order valence-electron chi connectivity index (χ3n) is 3.16. The first-order chi connectivity index (χ1) is 11.1. The van der Waals surface area contributed by atoms with Gasteiger partial charge in [-0.25, -0.2) is 15.1 Å². The van der Waals surface area contributed by atoms with E-state index in [1.807, 2.05) is 30.3 Å². The number of carbonyl (C=O) groups is 2. The summed E-state index contributed by atoms with van der Waals surface area (Å²) >= 11 is 0. The van der Waals surface area contributed by atoms with E-state index >= 15 is 0 Å². The summed E-state index contributed by atoms with van der Waals surface area (Å²) in [5.74, 6) is -0.984. The molecule has 0 unspecified atom stereocenters. The minimum Gasteiger partial charge on any atom is -0.479 e. The summed E-state index contributed by atoms with van der Waals surface area (Å²) in [4.78, 5) is 27.2. The van der Waals surface area contributed by atoms with E-state index in [4.69, 9.17) is 14.7 Å². The van der Waals surface area contributed by atoms with Crippen molar-refractivity contribution in [3.05, 3.63) is 35.9 Å². The number of carbonyl (C=O) groups excluding carboxylic acids is 1. The number of benzene rings is 1. The van der Waals surface area contributed by atoms with Crippen molar-refractivity contribution in [2.45, 2.75) is 38.4 Å². The normalized spacial score (nSPS) is 11.7. The van der Waals surface area contributed by atoms with Crippen LogP contribution in [-0.4, -0.2) is 36.9 Å². The molecule has 1 rings (SSSR count). The van der Waals surface area contributed by atoms with Crippen LogP contribution in [0.3, 0.4) is 0 Å². The predicted molar refractivity (Wildman–Crippen MR) is 84.7 cm³/mol. The molecule has 128 valence electrons. The average Bonchev–Trinajstić information content (AvgIpc) is 2.55. The van der Waals surface area contributed by atoms with Crippen molar-refractivity contribution < 1.29 is 24.3 Å². The van der Waals surface area contributed by atoms with Crippen LogP contribution in [0.4, 0.5) is 4.79 Å². The van der Waals surface area contributed by atoms with Gasteiger partial charge in [0.05, 0.1) is 0 Å². The van der Waals surface area contributed by atoms with E-state index in [9.17, 15) is 9.59 Å². The number of ether oxygens (including phenoxy) is 1. The molecule has 7 nitrogen and oxygen atoms in total. The molecule has 1 aromatic rings. The number of aliphatic carboxylic acids is 1. The standard InChI is InChI=1S/C16H24N2O5/c1-17-23-14(15(19)20)10-6-3-7-11-18-16(21)22-12-13-8-4-2-5-9-13/h2,4-5,8-9,14,17H,3,6-7,10-12H2,1H3,(H,18,21)(H,19,20)/t14-/m1/s1. The van der Waals surface area contributed by atoms with Gasteiger partial charge in [0.1, 0.15) is 6.61 Å². The Labute approximate surface area is 135 Å². The first-order valence-electron chi connectivity index (χ1n) is 7.63. The molecule has 7 heteroatoms. The molecule has 0 heterocycles. The van der Waals surface area contributed by atoms with Gasteiger partial charge in [-0.15, -0.1) is 0 Å². The Morgan fingerprint density at radius 2 is 1.91 bits per heavy atom. The summed E-state index contributed by atoms with van der Waals surface area (Å²) in [6.07, 6.45) is 1.40. The van der Waals surface area contributed by atoms with Crippen molar-refractivity contribution in [3.63, 3.8) is 0 Å². The van der Waals surface area contributed by atoms with Gasteiger partial charge in [0, 0.05) is 13.6 Å². The van der Waals surface area contributed by atoms with E-state index in [1.165, 1.54) is 7.05 Å². The molecule has 3 N–H and O–H groups in total. The lowest BCUT2D eigenvalue weighted by molar-refractivity contribution is -0.155. The molecule has 0 fully saturated rings. The van der Waals surface area contributed by atoms with Gasteiger partial charge in [-0.05, 0) is 18.4 Å².